The van der Waals surface area contributed by atoms with Gasteiger partial charge in [-0.15, -0.1) is 11.3 Å². The summed E-state index contributed by atoms with van der Waals surface area (Å²) in [6, 6.07) is 4.58. The molecule has 138 valence electrons. The van der Waals surface area contributed by atoms with Crippen LogP contribution in [0.1, 0.15) is 25.6 Å². The number of hydrogen-bond acceptors (Lipinski definition) is 6. The lowest BCUT2D eigenvalue weighted by Gasteiger charge is -2.13. The molecule has 4 aromatic rings. The Labute approximate surface area is 156 Å². The molecule has 1 amide bonds. The first-order chi connectivity index (χ1) is 12.9. The van der Waals surface area contributed by atoms with E-state index in [4.69, 9.17) is 0 Å². The van der Waals surface area contributed by atoms with E-state index < -0.39 is 11.5 Å². The number of rotatable bonds is 4. The van der Waals surface area contributed by atoms with E-state index >= 15 is 0 Å². The summed E-state index contributed by atoms with van der Waals surface area (Å²) >= 11 is 0.972. The molecule has 1 N–H and O–H groups in total. The second kappa shape index (κ2) is 6.54. The van der Waals surface area contributed by atoms with Gasteiger partial charge in [-0.25, -0.2) is 14.6 Å². The number of amides is 1. The quantitative estimate of drug-likeness (QED) is 0.581. The summed E-state index contributed by atoms with van der Waals surface area (Å²) in [5.41, 5.74) is 0.559. The van der Waals surface area contributed by atoms with Gasteiger partial charge in [0.15, 0.2) is 5.13 Å². The van der Waals surface area contributed by atoms with Crippen molar-refractivity contribution in [1.29, 1.82) is 0 Å². The van der Waals surface area contributed by atoms with Crippen LogP contribution in [0.15, 0.2) is 35.5 Å². The van der Waals surface area contributed by atoms with Crippen LogP contribution in [0.4, 0.5) is 10.2 Å². The van der Waals surface area contributed by atoms with E-state index in [0.717, 1.165) is 16.0 Å². The SMILES string of the molecule is CC(C)c1nn(CC(=O)Nc2ccncn2)c(=O)c2cc3sc(F)cc3n12. The normalized spacial score (nSPS) is 11.6. The molecule has 0 saturated carbocycles. The minimum atomic E-state index is -0.429. The number of nitrogens with zero attached hydrogens (tertiary/aromatic N) is 5. The van der Waals surface area contributed by atoms with Gasteiger partial charge in [-0.3, -0.25) is 14.0 Å². The molecule has 0 aliphatic heterocycles. The predicted molar refractivity (Wildman–Crippen MR) is 99.5 cm³/mol. The Morgan fingerprint density at radius 2 is 2.15 bits per heavy atom. The average Bonchev–Trinajstić information content (AvgIpc) is 3.14. The fraction of sp³-hybridized carbons (Fsp3) is 0.235. The minimum Gasteiger partial charge on any atom is -0.309 e. The van der Waals surface area contributed by atoms with Gasteiger partial charge in [0.05, 0.1) is 10.2 Å². The van der Waals surface area contributed by atoms with Crippen LogP contribution in [0, 0.1) is 5.13 Å². The van der Waals surface area contributed by atoms with Crippen LogP contribution < -0.4 is 10.9 Å². The zero-order chi connectivity index (χ0) is 19.1. The Bertz CT molecular complexity index is 1210. The number of anilines is 1. The highest BCUT2D eigenvalue weighted by atomic mass is 32.1. The second-order valence-electron chi connectivity index (χ2n) is 6.28. The van der Waals surface area contributed by atoms with Gasteiger partial charge in [0.2, 0.25) is 5.91 Å². The lowest BCUT2D eigenvalue weighted by Crippen LogP contribution is -2.32. The summed E-state index contributed by atoms with van der Waals surface area (Å²) in [5, 5.41) is 6.65. The van der Waals surface area contributed by atoms with E-state index in [0.29, 0.717) is 27.4 Å². The molecule has 10 heteroatoms. The molecule has 0 atom stereocenters. The van der Waals surface area contributed by atoms with Gasteiger partial charge in [-0.1, -0.05) is 13.8 Å². The molecule has 0 spiro atoms. The van der Waals surface area contributed by atoms with Crippen LogP contribution in [0.3, 0.4) is 0 Å². The third-order valence-electron chi connectivity index (χ3n) is 4.02. The van der Waals surface area contributed by atoms with Gasteiger partial charge in [0, 0.05) is 18.2 Å². The number of nitrogens with one attached hydrogen (secondary N) is 1. The first-order valence-electron chi connectivity index (χ1n) is 8.21. The smallest absolute Gasteiger partial charge is 0.291 e. The van der Waals surface area contributed by atoms with Gasteiger partial charge in [0.1, 0.15) is 30.0 Å². The monoisotopic (exact) mass is 386 g/mol. The van der Waals surface area contributed by atoms with Crippen LogP contribution in [0.25, 0.3) is 15.7 Å². The average molecular weight is 386 g/mol. The van der Waals surface area contributed by atoms with Crippen molar-refractivity contribution in [3.05, 3.63) is 52.0 Å². The van der Waals surface area contributed by atoms with Crippen molar-refractivity contribution in [2.75, 3.05) is 5.32 Å². The molecule has 27 heavy (non-hydrogen) atoms. The molecule has 8 nitrogen and oxygen atoms in total. The molecule has 0 aliphatic carbocycles. The van der Waals surface area contributed by atoms with E-state index in [2.05, 4.69) is 20.4 Å². The third-order valence-corrected chi connectivity index (χ3v) is 4.88. The van der Waals surface area contributed by atoms with Crippen LogP contribution in [0.5, 0.6) is 0 Å². The van der Waals surface area contributed by atoms with Crippen molar-refractivity contribution >= 4 is 38.8 Å². The van der Waals surface area contributed by atoms with Gasteiger partial charge < -0.3 is 5.32 Å². The Morgan fingerprint density at radius 1 is 1.33 bits per heavy atom. The lowest BCUT2D eigenvalue weighted by molar-refractivity contribution is -0.117. The molecular weight excluding hydrogens is 371 g/mol. The summed E-state index contributed by atoms with van der Waals surface area (Å²) in [7, 11) is 0. The number of fused-ring (bicyclic) bond motifs is 3. The highest BCUT2D eigenvalue weighted by Gasteiger charge is 2.19. The van der Waals surface area contributed by atoms with Crippen molar-refractivity contribution < 1.29 is 9.18 Å². The van der Waals surface area contributed by atoms with Crippen LogP contribution in [-0.2, 0) is 11.3 Å². The molecule has 4 aromatic heterocycles. The predicted octanol–water partition coefficient (Wildman–Crippen LogP) is 2.40. The fourth-order valence-electron chi connectivity index (χ4n) is 2.88. The Balaban J connectivity index is 1.78. The highest BCUT2D eigenvalue weighted by molar-refractivity contribution is 7.17. The first kappa shape index (κ1) is 17.3. The molecule has 4 rings (SSSR count). The van der Waals surface area contributed by atoms with Crippen molar-refractivity contribution in [3.63, 3.8) is 0 Å². The lowest BCUT2D eigenvalue weighted by atomic mass is 10.2. The van der Waals surface area contributed by atoms with Gasteiger partial charge in [-0.05, 0) is 12.1 Å². The fourth-order valence-corrected chi connectivity index (χ4v) is 3.68. The summed E-state index contributed by atoms with van der Waals surface area (Å²) < 4.78 is 17.1. The molecule has 0 aromatic carbocycles. The summed E-state index contributed by atoms with van der Waals surface area (Å²) in [6.07, 6.45) is 2.82. The van der Waals surface area contributed by atoms with Crippen molar-refractivity contribution in [1.82, 2.24) is 24.1 Å². The number of carbonyl (C=O) groups is 1. The van der Waals surface area contributed by atoms with Crippen LogP contribution in [0.2, 0.25) is 0 Å². The molecule has 0 unspecified atom stereocenters. The largest absolute Gasteiger partial charge is 0.309 e. The maximum atomic E-state index is 13.6. The molecule has 4 heterocycles. The van der Waals surface area contributed by atoms with Gasteiger partial charge in [-0.2, -0.15) is 9.49 Å². The van der Waals surface area contributed by atoms with E-state index in [9.17, 15) is 14.0 Å². The van der Waals surface area contributed by atoms with Crippen molar-refractivity contribution in [2.24, 2.45) is 0 Å². The standard InChI is InChI=1S/C17H15FN6O2S/c1-9(2)16-22-23(7-15(25)21-14-3-4-19-8-20-14)17(26)11-5-12-10(24(11)16)6-13(18)27-12/h3-6,8-9H,7H2,1-2H3,(H,19,20,21,25). The third kappa shape index (κ3) is 3.08. The van der Waals surface area contributed by atoms with Crippen LogP contribution >= 0.6 is 11.3 Å². The molecular formula is C17H15FN6O2S. The minimum absolute atomic E-state index is 0.0390. The zero-order valence-corrected chi connectivity index (χ0v) is 15.3. The summed E-state index contributed by atoms with van der Waals surface area (Å²) in [4.78, 5) is 32.8. The van der Waals surface area contributed by atoms with E-state index in [1.165, 1.54) is 18.6 Å². The molecule has 0 saturated heterocycles. The van der Waals surface area contributed by atoms with Gasteiger partial charge in [0.25, 0.3) is 5.56 Å². The number of thiophene rings is 1. The molecule has 0 aliphatic rings. The van der Waals surface area contributed by atoms with E-state index in [1.807, 2.05) is 13.8 Å². The van der Waals surface area contributed by atoms with Crippen LogP contribution in [-0.4, -0.2) is 30.1 Å². The second-order valence-corrected chi connectivity index (χ2v) is 7.32. The molecule has 0 radical (unpaired) electrons. The number of aromatic nitrogens is 5. The maximum absolute atomic E-state index is 13.6. The van der Waals surface area contributed by atoms with E-state index in [-0.39, 0.29) is 17.6 Å². The van der Waals surface area contributed by atoms with Gasteiger partial charge >= 0.3 is 0 Å². The molecule has 0 fully saturated rings. The summed E-state index contributed by atoms with van der Waals surface area (Å²) in [6.45, 7) is 3.59. The van der Waals surface area contributed by atoms with Crippen molar-refractivity contribution in [3.8, 4) is 0 Å². The Morgan fingerprint density at radius 3 is 2.85 bits per heavy atom. The first-order valence-corrected chi connectivity index (χ1v) is 9.03. The maximum Gasteiger partial charge on any atom is 0.291 e. The Kier molecular flexibility index (Phi) is 4.19. The number of halogens is 1. The Hall–Kier alpha value is -3.14. The number of carbonyl (C=O) groups excluding carboxylic acids is 1. The molecule has 0 bridgehead atoms. The highest BCUT2D eigenvalue weighted by Crippen LogP contribution is 2.29. The zero-order valence-electron chi connectivity index (χ0n) is 14.5. The topological polar surface area (TPSA) is 94.2 Å². The summed E-state index contributed by atoms with van der Waals surface area (Å²) in [5.74, 6) is 0.448. The van der Waals surface area contributed by atoms with E-state index in [1.54, 1.807) is 16.5 Å². The number of hydrogen-bond donors (Lipinski definition) is 1. The van der Waals surface area contributed by atoms with Crippen molar-refractivity contribution in [2.45, 2.75) is 26.3 Å².